The van der Waals surface area contributed by atoms with Crippen LogP contribution in [0, 0.1) is 5.92 Å². The van der Waals surface area contributed by atoms with E-state index in [0.717, 1.165) is 0 Å². The number of Topliss-reactive ketones (excluding diaryl/α,β-unsaturated/α-hetero) is 3. The standard InChI is InChI=1S/C15H14O4/c1-8(7-9(2)16)12-13(17)10-5-3-4-6-11(10)14(18)15(12)19/h3-6,8,17H,7H2,1-2H3. The van der Waals surface area contributed by atoms with Crippen molar-refractivity contribution in [1.82, 2.24) is 0 Å². The molecule has 1 atom stereocenters. The summed E-state index contributed by atoms with van der Waals surface area (Å²) in [5.41, 5.74) is 0.611. The van der Waals surface area contributed by atoms with Gasteiger partial charge < -0.3 is 9.90 Å². The third-order valence-electron chi connectivity index (χ3n) is 3.22. The first kappa shape index (κ1) is 13.2. The molecule has 0 radical (unpaired) electrons. The molecule has 0 saturated carbocycles. The van der Waals surface area contributed by atoms with E-state index in [1.165, 1.54) is 13.0 Å². The van der Waals surface area contributed by atoms with Gasteiger partial charge in [0.2, 0.25) is 11.6 Å². The highest BCUT2D eigenvalue weighted by molar-refractivity contribution is 6.52. The van der Waals surface area contributed by atoms with Crippen LogP contribution < -0.4 is 0 Å². The molecule has 4 heteroatoms. The molecule has 0 heterocycles. The van der Waals surface area contributed by atoms with Crippen LogP contribution in [-0.4, -0.2) is 22.5 Å². The Morgan fingerprint density at radius 3 is 2.32 bits per heavy atom. The first-order chi connectivity index (χ1) is 8.93. The Hall–Kier alpha value is -2.23. The van der Waals surface area contributed by atoms with Gasteiger partial charge in [-0.1, -0.05) is 31.2 Å². The minimum absolute atomic E-state index is 0.0406. The van der Waals surface area contributed by atoms with Gasteiger partial charge in [0.05, 0.1) is 0 Å². The average Bonchev–Trinajstić information content (AvgIpc) is 2.35. The molecule has 0 bridgehead atoms. The van der Waals surface area contributed by atoms with Gasteiger partial charge in [-0.2, -0.15) is 0 Å². The molecule has 0 aliphatic heterocycles. The highest BCUT2D eigenvalue weighted by atomic mass is 16.3. The van der Waals surface area contributed by atoms with Crippen LogP contribution in [0.3, 0.4) is 0 Å². The maximum absolute atomic E-state index is 12.0. The molecule has 0 amide bonds. The van der Waals surface area contributed by atoms with Gasteiger partial charge in [0.25, 0.3) is 0 Å². The normalized spacial score (nSPS) is 16.3. The van der Waals surface area contributed by atoms with Crippen LogP contribution in [-0.2, 0) is 9.59 Å². The molecule has 0 fully saturated rings. The quantitative estimate of drug-likeness (QED) is 0.845. The maximum Gasteiger partial charge on any atom is 0.234 e. The summed E-state index contributed by atoms with van der Waals surface area (Å²) in [7, 11) is 0. The van der Waals surface area contributed by atoms with E-state index in [-0.39, 0.29) is 29.1 Å². The molecule has 1 aromatic carbocycles. The van der Waals surface area contributed by atoms with Crippen molar-refractivity contribution in [3.8, 4) is 0 Å². The summed E-state index contributed by atoms with van der Waals surface area (Å²) in [5, 5.41) is 10.2. The third-order valence-corrected chi connectivity index (χ3v) is 3.22. The summed E-state index contributed by atoms with van der Waals surface area (Å²) in [6.07, 6.45) is 0.126. The van der Waals surface area contributed by atoms with Crippen LogP contribution in [0.1, 0.15) is 36.2 Å². The molecule has 0 aromatic heterocycles. The number of hydrogen-bond acceptors (Lipinski definition) is 4. The Balaban J connectivity index is 2.57. The number of benzene rings is 1. The van der Waals surface area contributed by atoms with Gasteiger partial charge >= 0.3 is 0 Å². The van der Waals surface area contributed by atoms with Crippen molar-refractivity contribution < 1.29 is 19.5 Å². The highest BCUT2D eigenvalue weighted by Crippen LogP contribution is 2.32. The van der Waals surface area contributed by atoms with Crippen LogP contribution in [0.25, 0.3) is 5.76 Å². The monoisotopic (exact) mass is 258 g/mol. The molecule has 1 N–H and O–H groups in total. The van der Waals surface area contributed by atoms with Crippen LogP contribution >= 0.6 is 0 Å². The van der Waals surface area contributed by atoms with Crippen molar-refractivity contribution >= 4 is 23.1 Å². The Bertz CT molecular complexity index is 610. The number of fused-ring (bicyclic) bond motifs is 1. The molecule has 1 aliphatic carbocycles. The predicted octanol–water partition coefficient (Wildman–Crippen LogP) is 2.34. The van der Waals surface area contributed by atoms with E-state index in [4.69, 9.17) is 0 Å². The van der Waals surface area contributed by atoms with Crippen molar-refractivity contribution in [3.05, 3.63) is 41.0 Å². The SMILES string of the molecule is CC(=O)CC(C)C1=C(O)c2ccccc2C(=O)C1=O. The lowest BCUT2D eigenvalue weighted by molar-refractivity contribution is -0.117. The highest BCUT2D eigenvalue weighted by Gasteiger charge is 2.35. The van der Waals surface area contributed by atoms with Crippen LogP contribution in [0.4, 0.5) is 0 Å². The minimum Gasteiger partial charge on any atom is -0.507 e. The number of carbonyl (C=O) groups excluding carboxylic acids is 3. The van der Waals surface area contributed by atoms with Gasteiger partial charge in [0.1, 0.15) is 11.5 Å². The molecule has 98 valence electrons. The topological polar surface area (TPSA) is 71.4 Å². The molecule has 19 heavy (non-hydrogen) atoms. The van der Waals surface area contributed by atoms with Crippen LogP contribution in [0.5, 0.6) is 0 Å². The second-order valence-electron chi connectivity index (χ2n) is 4.77. The van der Waals surface area contributed by atoms with E-state index in [9.17, 15) is 19.5 Å². The lowest BCUT2D eigenvalue weighted by Gasteiger charge is -2.21. The van der Waals surface area contributed by atoms with Crippen molar-refractivity contribution in [2.75, 3.05) is 0 Å². The average molecular weight is 258 g/mol. The first-order valence-corrected chi connectivity index (χ1v) is 6.04. The number of aliphatic hydroxyl groups excluding tert-OH is 1. The fourth-order valence-corrected chi connectivity index (χ4v) is 2.38. The molecular weight excluding hydrogens is 244 g/mol. The number of ketones is 3. The molecule has 4 nitrogen and oxygen atoms in total. The van der Waals surface area contributed by atoms with E-state index in [1.54, 1.807) is 25.1 Å². The molecule has 0 saturated heterocycles. The number of aliphatic hydroxyl groups is 1. The number of hydrogen-bond donors (Lipinski definition) is 1. The van der Waals surface area contributed by atoms with Gasteiger partial charge in [-0.3, -0.25) is 9.59 Å². The second kappa shape index (κ2) is 4.80. The van der Waals surface area contributed by atoms with Gasteiger partial charge in [0.15, 0.2) is 0 Å². The first-order valence-electron chi connectivity index (χ1n) is 6.04. The minimum atomic E-state index is -0.718. The van der Waals surface area contributed by atoms with Crippen molar-refractivity contribution in [2.45, 2.75) is 20.3 Å². The molecule has 0 spiro atoms. The molecule has 2 rings (SSSR count). The second-order valence-corrected chi connectivity index (χ2v) is 4.77. The zero-order valence-electron chi connectivity index (χ0n) is 10.8. The van der Waals surface area contributed by atoms with Gasteiger partial charge in [-0.15, -0.1) is 0 Å². The Morgan fingerprint density at radius 2 is 1.74 bits per heavy atom. The lowest BCUT2D eigenvalue weighted by atomic mass is 9.81. The summed E-state index contributed by atoms with van der Waals surface area (Å²) in [6, 6.07) is 6.43. The summed E-state index contributed by atoms with van der Waals surface area (Å²) in [6.45, 7) is 3.07. The molecule has 1 aromatic rings. The largest absolute Gasteiger partial charge is 0.507 e. The fraction of sp³-hybridized carbons (Fsp3) is 0.267. The molecular formula is C15H14O4. The predicted molar refractivity (Wildman–Crippen MR) is 69.8 cm³/mol. The van der Waals surface area contributed by atoms with Gasteiger partial charge in [-0.25, -0.2) is 0 Å². The van der Waals surface area contributed by atoms with Crippen LogP contribution in [0.15, 0.2) is 29.8 Å². The number of rotatable bonds is 3. The maximum atomic E-state index is 12.0. The van der Waals surface area contributed by atoms with E-state index >= 15 is 0 Å². The molecule has 1 aliphatic rings. The van der Waals surface area contributed by atoms with E-state index in [2.05, 4.69) is 0 Å². The third kappa shape index (κ3) is 2.21. The van der Waals surface area contributed by atoms with Gasteiger partial charge in [0, 0.05) is 23.1 Å². The number of allylic oxidation sites excluding steroid dienone is 1. The Kier molecular flexibility index (Phi) is 3.34. The van der Waals surface area contributed by atoms with Gasteiger partial charge in [-0.05, 0) is 12.8 Å². The Labute approximate surface area is 110 Å². The van der Waals surface area contributed by atoms with Crippen molar-refractivity contribution in [3.63, 3.8) is 0 Å². The molecule has 1 unspecified atom stereocenters. The summed E-state index contributed by atoms with van der Waals surface area (Å²) < 4.78 is 0. The zero-order chi connectivity index (χ0) is 14.2. The Morgan fingerprint density at radius 1 is 1.16 bits per heavy atom. The van der Waals surface area contributed by atoms with Crippen LogP contribution in [0.2, 0.25) is 0 Å². The fourth-order valence-electron chi connectivity index (χ4n) is 2.38. The zero-order valence-corrected chi connectivity index (χ0v) is 10.8. The van der Waals surface area contributed by atoms with Crippen molar-refractivity contribution in [2.24, 2.45) is 5.92 Å². The summed E-state index contributed by atoms with van der Waals surface area (Å²) >= 11 is 0. The van der Waals surface area contributed by atoms with E-state index in [0.29, 0.717) is 5.56 Å². The number of carbonyl (C=O) groups is 3. The van der Waals surface area contributed by atoms with Crippen molar-refractivity contribution in [1.29, 1.82) is 0 Å². The smallest absolute Gasteiger partial charge is 0.234 e. The summed E-state index contributed by atoms with van der Waals surface area (Å²) in [4.78, 5) is 35.2. The summed E-state index contributed by atoms with van der Waals surface area (Å²) in [5.74, 6) is -2.09. The van der Waals surface area contributed by atoms with E-state index < -0.39 is 17.5 Å². The lowest BCUT2D eigenvalue weighted by Crippen LogP contribution is -2.27. The van der Waals surface area contributed by atoms with E-state index in [1.807, 2.05) is 0 Å².